The van der Waals surface area contributed by atoms with Crippen molar-refractivity contribution in [2.75, 3.05) is 6.61 Å². The van der Waals surface area contributed by atoms with E-state index in [1.54, 1.807) is 0 Å². The molecule has 3 fully saturated rings. The molecule has 1 nitrogen and oxygen atoms in total. The predicted octanol–water partition coefficient (Wildman–Crippen LogP) is 2.44. The van der Waals surface area contributed by atoms with Crippen LogP contribution in [0.4, 0.5) is 0 Å². The molecule has 3 rings (SSSR count). The van der Waals surface area contributed by atoms with Crippen LogP contribution in [-0.2, 0) is 0 Å². The summed E-state index contributed by atoms with van der Waals surface area (Å²) in [4.78, 5) is 0. The monoisotopic (exact) mass is 168 g/mol. The summed E-state index contributed by atoms with van der Waals surface area (Å²) in [5.41, 5.74) is 0.631. The van der Waals surface area contributed by atoms with E-state index in [1.165, 1.54) is 19.3 Å². The van der Waals surface area contributed by atoms with Gasteiger partial charge < -0.3 is 5.11 Å². The van der Waals surface area contributed by atoms with Crippen molar-refractivity contribution in [1.82, 2.24) is 0 Å². The maximum atomic E-state index is 8.85. The smallest absolute Gasteiger partial charge is 0.0433 e. The van der Waals surface area contributed by atoms with Crippen LogP contribution in [0.5, 0.6) is 0 Å². The van der Waals surface area contributed by atoms with Crippen LogP contribution >= 0.6 is 0 Å². The zero-order valence-electron chi connectivity index (χ0n) is 8.21. The van der Waals surface area contributed by atoms with Gasteiger partial charge in [0.05, 0.1) is 0 Å². The SMILES string of the molecule is CC1(C)[C@@H]2C[C@@H](CCO)C[C@H]1C2. The first-order valence-electron chi connectivity index (χ1n) is 5.25. The van der Waals surface area contributed by atoms with E-state index in [-0.39, 0.29) is 0 Å². The Kier molecular flexibility index (Phi) is 1.95. The van der Waals surface area contributed by atoms with E-state index >= 15 is 0 Å². The second kappa shape index (κ2) is 2.73. The van der Waals surface area contributed by atoms with Crippen molar-refractivity contribution >= 4 is 0 Å². The van der Waals surface area contributed by atoms with Crippen LogP contribution in [0, 0.1) is 23.2 Å². The Morgan fingerprint density at radius 2 is 1.75 bits per heavy atom. The van der Waals surface area contributed by atoms with Gasteiger partial charge in [-0.05, 0) is 48.9 Å². The summed E-state index contributed by atoms with van der Waals surface area (Å²) in [6.45, 7) is 5.23. The second-order valence-corrected chi connectivity index (χ2v) is 5.30. The van der Waals surface area contributed by atoms with Crippen molar-refractivity contribution in [2.24, 2.45) is 23.2 Å². The molecular weight excluding hydrogens is 148 g/mol. The first-order chi connectivity index (χ1) is 5.64. The lowest BCUT2D eigenvalue weighted by Gasteiger charge is -2.59. The maximum Gasteiger partial charge on any atom is 0.0433 e. The van der Waals surface area contributed by atoms with E-state index in [0.29, 0.717) is 12.0 Å². The fourth-order valence-corrected chi connectivity index (χ4v) is 3.24. The first kappa shape index (κ1) is 8.55. The fourth-order valence-electron chi connectivity index (χ4n) is 3.24. The fraction of sp³-hybridized carbons (Fsp3) is 1.00. The molecule has 0 amide bonds. The van der Waals surface area contributed by atoms with E-state index in [2.05, 4.69) is 13.8 Å². The molecule has 0 aromatic heterocycles. The highest BCUT2D eigenvalue weighted by Gasteiger charge is 2.52. The van der Waals surface area contributed by atoms with Gasteiger partial charge in [0, 0.05) is 6.61 Å². The molecular formula is C11H20O. The average Bonchev–Trinajstić information content (AvgIpc) is 2.05. The normalized spacial score (nSPS) is 43.8. The van der Waals surface area contributed by atoms with Crippen LogP contribution in [0.1, 0.15) is 39.5 Å². The summed E-state index contributed by atoms with van der Waals surface area (Å²) in [7, 11) is 0. The van der Waals surface area contributed by atoms with Gasteiger partial charge in [-0.15, -0.1) is 0 Å². The summed E-state index contributed by atoms with van der Waals surface area (Å²) < 4.78 is 0. The van der Waals surface area contributed by atoms with E-state index in [1.807, 2.05) is 0 Å². The Hall–Kier alpha value is -0.0400. The van der Waals surface area contributed by atoms with Crippen LogP contribution in [0.15, 0.2) is 0 Å². The van der Waals surface area contributed by atoms with Gasteiger partial charge in [-0.2, -0.15) is 0 Å². The van der Waals surface area contributed by atoms with Gasteiger partial charge in [-0.25, -0.2) is 0 Å². The third kappa shape index (κ3) is 1.10. The number of hydrogen-bond donors (Lipinski definition) is 1. The molecule has 0 radical (unpaired) electrons. The summed E-state index contributed by atoms with van der Waals surface area (Å²) in [5.74, 6) is 2.77. The highest BCUT2D eigenvalue weighted by atomic mass is 16.3. The lowest BCUT2D eigenvalue weighted by Crippen LogP contribution is -2.50. The van der Waals surface area contributed by atoms with Crippen molar-refractivity contribution < 1.29 is 5.11 Å². The molecule has 1 N–H and O–H groups in total. The highest BCUT2D eigenvalue weighted by molar-refractivity contribution is 5.01. The Bertz CT molecular complexity index is 160. The van der Waals surface area contributed by atoms with Crippen molar-refractivity contribution in [2.45, 2.75) is 39.5 Å². The van der Waals surface area contributed by atoms with Crippen LogP contribution in [0.3, 0.4) is 0 Å². The topological polar surface area (TPSA) is 20.2 Å². The molecule has 0 spiro atoms. The Morgan fingerprint density at radius 3 is 2.17 bits per heavy atom. The van der Waals surface area contributed by atoms with E-state index < -0.39 is 0 Å². The summed E-state index contributed by atoms with van der Waals surface area (Å²) in [6.07, 6.45) is 5.27. The van der Waals surface area contributed by atoms with Crippen molar-refractivity contribution in [1.29, 1.82) is 0 Å². The first-order valence-corrected chi connectivity index (χ1v) is 5.25. The second-order valence-electron chi connectivity index (χ2n) is 5.30. The van der Waals surface area contributed by atoms with Crippen LogP contribution < -0.4 is 0 Å². The Balaban J connectivity index is 1.92. The van der Waals surface area contributed by atoms with Crippen molar-refractivity contribution in [3.8, 4) is 0 Å². The summed E-state index contributed by atoms with van der Waals surface area (Å²) >= 11 is 0. The average molecular weight is 168 g/mol. The van der Waals surface area contributed by atoms with Crippen molar-refractivity contribution in [3.63, 3.8) is 0 Å². The number of fused-ring (bicyclic) bond motifs is 2. The third-order valence-corrected chi connectivity index (χ3v) is 4.45. The lowest BCUT2D eigenvalue weighted by atomic mass is 9.46. The minimum Gasteiger partial charge on any atom is -0.396 e. The maximum absolute atomic E-state index is 8.85. The molecule has 3 aliphatic carbocycles. The summed E-state index contributed by atoms with van der Waals surface area (Å²) in [6, 6.07) is 0. The van der Waals surface area contributed by atoms with Crippen LogP contribution in [0.25, 0.3) is 0 Å². The highest BCUT2D eigenvalue weighted by Crippen LogP contribution is 2.60. The van der Waals surface area contributed by atoms with Gasteiger partial charge in [0.25, 0.3) is 0 Å². The van der Waals surface area contributed by atoms with Gasteiger partial charge in [0.2, 0.25) is 0 Å². The molecule has 3 saturated carbocycles. The largest absolute Gasteiger partial charge is 0.396 e. The molecule has 3 atom stereocenters. The Morgan fingerprint density at radius 1 is 1.17 bits per heavy atom. The van der Waals surface area contributed by atoms with Gasteiger partial charge in [0.1, 0.15) is 0 Å². The van der Waals surface area contributed by atoms with Gasteiger partial charge in [-0.3, -0.25) is 0 Å². The summed E-state index contributed by atoms with van der Waals surface area (Å²) in [5, 5.41) is 8.85. The zero-order chi connectivity index (χ0) is 8.77. The third-order valence-electron chi connectivity index (χ3n) is 4.45. The molecule has 0 heterocycles. The quantitative estimate of drug-likeness (QED) is 0.671. The minimum atomic E-state index is 0.393. The molecule has 2 bridgehead atoms. The van der Waals surface area contributed by atoms with Gasteiger partial charge >= 0.3 is 0 Å². The molecule has 0 aromatic carbocycles. The molecule has 1 heteroatoms. The van der Waals surface area contributed by atoms with E-state index in [9.17, 15) is 0 Å². The van der Waals surface area contributed by atoms with Gasteiger partial charge in [-0.1, -0.05) is 13.8 Å². The molecule has 0 aliphatic heterocycles. The van der Waals surface area contributed by atoms with E-state index in [4.69, 9.17) is 5.11 Å². The van der Waals surface area contributed by atoms with Crippen molar-refractivity contribution in [3.05, 3.63) is 0 Å². The number of aliphatic hydroxyl groups is 1. The predicted molar refractivity (Wildman–Crippen MR) is 49.8 cm³/mol. The van der Waals surface area contributed by atoms with Crippen LogP contribution in [-0.4, -0.2) is 11.7 Å². The van der Waals surface area contributed by atoms with Crippen LogP contribution in [0.2, 0.25) is 0 Å². The standard InChI is InChI=1S/C11H20O/c1-11(2)9-5-8(3-4-12)6-10(11)7-9/h8-10,12H,3-7H2,1-2H3/t8-,9-,10+. The zero-order valence-corrected chi connectivity index (χ0v) is 8.21. The lowest BCUT2D eigenvalue weighted by molar-refractivity contribution is -0.0929. The molecule has 0 unspecified atom stereocenters. The molecule has 70 valence electrons. The number of rotatable bonds is 2. The molecule has 0 saturated heterocycles. The van der Waals surface area contributed by atoms with E-state index in [0.717, 1.165) is 24.2 Å². The number of aliphatic hydroxyl groups excluding tert-OH is 1. The Labute approximate surface area is 75.2 Å². The van der Waals surface area contributed by atoms with Gasteiger partial charge in [0.15, 0.2) is 0 Å². The molecule has 12 heavy (non-hydrogen) atoms. The molecule has 3 aliphatic rings. The molecule has 0 aromatic rings. The minimum absolute atomic E-state index is 0.393. The number of hydrogen-bond acceptors (Lipinski definition) is 1.